The number of carbonyl (C=O) groups excluding carboxylic acids is 2. The maximum absolute atomic E-state index is 13.6. The number of rotatable bonds is 6. The van der Waals surface area contributed by atoms with E-state index in [0.29, 0.717) is 58.9 Å². The highest BCUT2D eigenvalue weighted by Crippen LogP contribution is 2.27. The Balaban J connectivity index is 1.53. The van der Waals surface area contributed by atoms with Gasteiger partial charge < -0.3 is 14.7 Å². The first-order valence-corrected chi connectivity index (χ1v) is 13.1. The molecule has 2 aromatic rings. The topological polar surface area (TPSA) is 99.1 Å². The molecule has 2 aliphatic heterocycles. The van der Waals surface area contributed by atoms with Gasteiger partial charge >= 0.3 is 0 Å². The van der Waals surface area contributed by atoms with E-state index in [4.69, 9.17) is 0 Å². The van der Waals surface area contributed by atoms with Crippen LogP contribution < -0.4 is 4.90 Å². The standard InChI is InChI=1S/C23H32N6O4S/c1-4-28-16-20(23(31)27-10-8-25(17-30)9-11-27)22(24-28)34(32,33)29-14-12-26(13-15-29)21-7-5-6-18(2)19(21)3/h5-7,16-17H,4,8-15H2,1-3H3. The predicted molar refractivity (Wildman–Crippen MR) is 128 cm³/mol. The first-order chi connectivity index (χ1) is 16.3. The smallest absolute Gasteiger partial charge is 0.263 e. The lowest BCUT2D eigenvalue weighted by Gasteiger charge is -2.36. The van der Waals surface area contributed by atoms with Crippen molar-refractivity contribution in [2.24, 2.45) is 0 Å². The molecule has 11 heteroatoms. The summed E-state index contributed by atoms with van der Waals surface area (Å²) in [6, 6.07) is 6.16. The van der Waals surface area contributed by atoms with Crippen molar-refractivity contribution < 1.29 is 18.0 Å². The first-order valence-electron chi connectivity index (χ1n) is 11.6. The molecule has 2 aliphatic rings. The van der Waals surface area contributed by atoms with E-state index < -0.39 is 10.0 Å². The molecule has 184 valence electrons. The number of hydrogen-bond donors (Lipinski definition) is 0. The first kappa shape index (κ1) is 24.2. The molecule has 0 spiro atoms. The minimum atomic E-state index is -3.94. The lowest BCUT2D eigenvalue weighted by Crippen LogP contribution is -2.50. The molecule has 1 aromatic heterocycles. The van der Waals surface area contributed by atoms with Crippen LogP contribution in [0.3, 0.4) is 0 Å². The number of benzene rings is 1. The molecule has 2 saturated heterocycles. The average Bonchev–Trinajstić information content (AvgIpc) is 3.31. The van der Waals surface area contributed by atoms with Crippen molar-refractivity contribution in [2.75, 3.05) is 57.3 Å². The van der Waals surface area contributed by atoms with Crippen molar-refractivity contribution in [3.8, 4) is 0 Å². The molecule has 34 heavy (non-hydrogen) atoms. The second kappa shape index (κ2) is 9.75. The summed E-state index contributed by atoms with van der Waals surface area (Å²) < 4.78 is 30.1. The van der Waals surface area contributed by atoms with Gasteiger partial charge in [0.1, 0.15) is 0 Å². The van der Waals surface area contributed by atoms with Crippen molar-refractivity contribution in [3.05, 3.63) is 41.1 Å². The third-order valence-corrected chi connectivity index (χ3v) is 8.61. The van der Waals surface area contributed by atoms with Gasteiger partial charge in [0, 0.05) is 70.8 Å². The lowest BCUT2D eigenvalue weighted by atomic mass is 10.1. The number of hydrogen-bond acceptors (Lipinski definition) is 6. The molecular weight excluding hydrogens is 456 g/mol. The van der Waals surface area contributed by atoms with E-state index in [0.717, 1.165) is 12.1 Å². The van der Waals surface area contributed by atoms with Gasteiger partial charge in [0.05, 0.1) is 5.56 Å². The molecule has 2 fully saturated rings. The van der Waals surface area contributed by atoms with E-state index in [1.54, 1.807) is 9.80 Å². The lowest BCUT2D eigenvalue weighted by molar-refractivity contribution is -0.119. The number of carbonyl (C=O) groups is 2. The molecule has 0 atom stereocenters. The second-order valence-electron chi connectivity index (χ2n) is 8.75. The monoisotopic (exact) mass is 488 g/mol. The van der Waals surface area contributed by atoms with E-state index in [2.05, 4.69) is 36.0 Å². The van der Waals surface area contributed by atoms with Crippen LogP contribution in [0.4, 0.5) is 5.69 Å². The zero-order chi connectivity index (χ0) is 24.5. The van der Waals surface area contributed by atoms with Crippen molar-refractivity contribution in [1.29, 1.82) is 0 Å². The number of anilines is 1. The van der Waals surface area contributed by atoms with Crippen molar-refractivity contribution >= 4 is 28.0 Å². The zero-order valence-corrected chi connectivity index (χ0v) is 20.8. The number of aromatic nitrogens is 2. The van der Waals surface area contributed by atoms with Gasteiger partial charge in [-0.05, 0) is 38.0 Å². The Morgan fingerprint density at radius 3 is 2.32 bits per heavy atom. The van der Waals surface area contributed by atoms with Gasteiger partial charge in [-0.15, -0.1) is 0 Å². The van der Waals surface area contributed by atoms with Gasteiger partial charge in [-0.3, -0.25) is 14.3 Å². The van der Waals surface area contributed by atoms with Crippen molar-refractivity contribution in [3.63, 3.8) is 0 Å². The van der Waals surface area contributed by atoms with Crippen LogP contribution in [0.2, 0.25) is 0 Å². The fourth-order valence-corrected chi connectivity index (χ4v) is 5.99. The Morgan fingerprint density at radius 2 is 1.71 bits per heavy atom. The third-order valence-electron chi connectivity index (χ3n) is 6.77. The largest absolute Gasteiger partial charge is 0.369 e. The van der Waals surface area contributed by atoms with Gasteiger partial charge in [0.2, 0.25) is 11.4 Å². The molecule has 2 amide bonds. The third kappa shape index (κ3) is 4.54. The van der Waals surface area contributed by atoms with Crippen LogP contribution in [0.25, 0.3) is 0 Å². The predicted octanol–water partition coefficient (Wildman–Crippen LogP) is 0.945. The molecule has 10 nitrogen and oxygen atoms in total. The maximum atomic E-state index is 13.6. The van der Waals surface area contributed by atoms with E-state index in [-0.39, 0.29) is 16.5 Å². The van der Waals surface area contributed by atoms with Crippen molar-refractivity contribution in [1.82, 2.24) is 23.9 Å². The highest BCUT2D eigenvalue weighted by Gasteiger charge is 2.36. The van der Waals surface area contributed by atoms with Crippen LogP contribution in [0.15, 0.2) is 29.4 Å². The fraction of sp³-hybridized carbons (Fsp3) is 0.522. The van der Waals surface area contributed by atoms with Crippen LogP contribution in [-0.2, 0) is 21.4 Å². The molecule has 0 radical (unpaired) electrons. The molecule has 0 bridgehead atoms. The summed E-state index contributed by atoms with van der Waals surface area (Å²) in [6.45, 7) is 9.81. The Morgan fingerprint density at radius 1 is 1.03 bits per heavy atom. The Labute approximate surface area is 200 Å². The van der Waals surface area contributed by atoms with Gasteiger partial charge in [0.15, 0.2) is 0 Å². The van der Waals surface area contributed by atoms with Crippen molar-refractivity contribution in [2.45, 2.75) is 32.3 Å². The normalized spacial score (nSPS) is 17.8. The quantitative estimate of drug-likeness (QED) is 0.562. The maximum Gasteiger partial charge on any atom is 0.263 e. The average molecular weight is 489 g/mol. The second-order valence-corrected chi connectivity index (χ2v) is 10.6. The van der Waals surface area contributed by atoms with Gasteiger partial charge in [-0.2, -0.15) is 9.40 Å². The molecular formula is C23H32N6O4S. The number of aryl methyl sites for hydroxylation is 2. The Kier molecular flexibility index (Phi) is 6.94. The molecule has 1 aromatic carbocycles. The van der Waals surface area contributed by atoms with Crippen LogP contribution in [0, 0.1) is 13.8 Å². The summed E-state index contributed by atoms with van der Waals surface area (Å²) in [5.74, 6) is -0.363. The molecule has 3 heterocycles. The summed E-state index contributed by atoms with van der Waals surface area (Å²) in [5.41, 5.74) is 3.62. The van der Waals surface area contributed by atoms with Crippen LogP contribution in [-0.4, -0.2) is 97.0 Å². The molecule has 0 aliphatic carbocycles. The van der Waals surface area contributed by atoms with Gasteiger partial charge in [-0.1, -0.05) is 12.1 Å². The van der Waals surface area contributed by atoms with E-state index >= 15 is 0 Å². The Hall–Kier alpha value is -2.92. The zero-order valence-electron chi connectivity index (χ0n) is 20.0. The SMILES string of the molecule is CCn1cc(C(=O)N2CCN(C=O)CC2)c(S(=O)(=O)N2CCN(c3cccc(C)c3C)CC2)n1. The summed E-state index contributed by atoms with van der Waals surface area (Å²) >= 11 is 0. The van der Waals surface area contributed by atoms with Gasteiger partial charge in [0.25, 0.3) is 15.9 Å². The number of sulfonamides is 1. The highest BCUT2D eigenvalue weighted by molar-refractivity contribution is 7.89. The van der Waals surface area contributed by atoms with Crippen LogP contribution >= 0.6 is 0 Å². The number of piperazine rings is 2. The van der Waals surface area contributed by atoms with E-state index in [9.17, 15) is 18.0 Å². The molecule has 0 unspecified atom stereocenters. The minimum absolute atomic E-state index is 0.0957. The van der Waals surface area contributed by atoms with Gasteiger partial charge in [-0.25, -0.2) is 8.42 Å². The van der Waals surface area contributed by atoms with E-state index in [1.807, 2.05) is 13.0 Å². The summed E-state index contributed by atoms with van der Waals surface area (Å²) in [4.78, 5) is 29.6. The summed E-state index contributed by atoms with van der Waals surface area (Å²) in [5, 5.41) is 4.10. The Bertz CT molecular complexity index is 1160. The minimum Gasteiger partial charge on any atom is -0.369 e. The highest BCUT2D eigenvalue weighted by atomic mass is 32.2. The number of amides is 2. The van der Waals surface area contributed by atoms with E-state index in [1.165, 1.54) is 26.3 Å². The molecule has 0 N–H and O–H groups in total. The summed E-state index contributed by atoms with van der Waals surface area (Å²) in [6.07, 6.45) is 2.29. The summed E-state index contributed by atoms with van der Waals surface area (Å²) in [7, 11) is -3.94. The van der Waals surface area contributed by atoms with Crippen LogP contribution in [0.5, 0.6) is 0 Å². The van der Waals surface area contributed by atoms with Crippen LogP contribution in [0.1, 0.15) is 28.4 Å². The number of nitrogens with zero attached hydrogens (tertiary/aromatic N) is 6. The molecule has 0 saturated carbocycles. The fourth-order valence-electron chi connectivity index (χ4n) is 4.47. The molecule has 4 rings (SSSR count).